The molecule has 4 N–H and O–H groups in total. The molecule has 0 aliphatic heterocycles. The first-order valence-corrected chi connectivity index (χ1v) is 5.32. The fourth-order valence-electron chi connectivity index (χ4n) is 2.09. The van der Waals surface area contributed by atoms with E-state index in [0.29, 0.717) is 0 Å². The van der Waals surface area contributed by atoms with Crippen molar-refractivity contribution < 1.29 is 0 Å². The molecule has 0 saturated carbocycles. The van der Waals surface area contributed by atoms with Crippen molar-refractivity contribution in [2.24, 2.45) is 0 Å². The van der Waals surface area contributed by atoms with Gasteiger partial charge in [0.2, 0.25) is 0 Å². The van der Waals surface area contributed by atoms with Gasteiger partial charge in [0.15, 0.2) is 0 Å². The van der Waals surface area contributed by atoms with Crippen LogP contribution in [0.25, 0.3) is 11.1 Å². The molecule has 2 aromatic rings. The third kappa shape index (κ3) is 1.63. The number of aryl methyl sites for hydroxylation is 2. The monoisotopic (exact) mass is 212 g/mol. The Morgan fingerprint density at radius 3 is 1.62 bits per heavy atom. The van der Waals surface area contributed by atoms with E-state index >= 15 is 0 Å². The molecule has 0 spiro atoms. The Morgan fingerprint density at radius 2 is 1.12 bits per heavy atom. The molecule has 0 aliphatic carbocycles. The first kappa shape index (κ1) is 10.6. The molecular weight excluding hydrogens is 196 g/mol. The lowest BCUT2D eigenvalue weighted by molar-refractivity contribution is 1.38. The fourth-order valence-corrected chi connectivity index (χ4v) is 2.09. The number of hydrogen-bond donors (Lipinski definition) is 2. The maximum absolute atomic E-state index is 6.01. The average molecular weight is 212 g/mol. The molecule has 0 atom stereocenters. The highest BCUT2D eigenvalue weighted by Crippen LogP contribution is 2.35. The van der Waals surface area contributed by atoms with E-state index in [0.717, 1.165) is 22.5 Å². The highest BCUT2D eigenvalue weighted by Gasteiger charge is 2.11. The molecule has 0 amide bonds. The SMILES string of the molecule is Cc1cccc(C)c1-c1c(N)cccc1N. The van der Waals surface area contributed by atoms with Gasteiger partial charge in [0.05, 0.1) is 0 Å². The normalized spacial score (nSPS) is 10.4. The van der Waals surface area contributed by atoms with Crippen LogP contribution in [-0.2, 0) is 0 Å². The zero-order chi connectivity index (χ0) is 11.7. The van der Waals surface area contributed by atoms with Crippen LogP contribution < -0.4 is 11.5 Å². The lowest BCUT2D eigenvalue weighted by Gasteiger charge is -2.14. The maximum atomic E-state index is 6.01. The maximum Gasteiger partial charge on any atom is 0.0414 e. The van der Waals surface area contributed by atoms with E-state index in [2.05, 4.69) is 26.0 Å². The van der Waals surface area contributed by atoms with Gasteiger partial charge in [-0.3, -0.25) is 0 Å². The Bertz CT molecular complexity index is 440. The molecule has 2 aromatic carbocycles. The smallest absolute Gasteiger partial charge is 0.0414 e. The summed E-state index contributed by atoms with van der Waals surface area (Å²) < 4.78 is 0. The zero-order valence-electron chi connectivity index (χ0n) is 9.62. The highest BCUT2D eigenvalue weighted by atomic mass is 14.6. The van der Waals surface area contributed by atoms with Crippen molar-refractivity contribution in [2.75, 3.05) is 11.5 Å². The molecule has 2 nitrogen and oxygen atoms in total. The summed E-state index contributed by atoms with van der Waals surface area (Å²) in [6.07, 6.45) is 0. The van der Waals surface area contributed by atoms with Crippen LogP contribution in [0.2, 0.25) is 0 Å². The molecule has 0 heterocycles. The van der Waals surface area contributed by atoms with Gasteiger partial charge in [-0.1, -0.05) is 24.3 Å². The molecule has 2 heteroatoms. The number of hydrogen-bond acceptors (Lipinski definition) is 2. The standard InChI is InChI=1S/C14H16N2/c1-9-5-3-6-10(2)13(9)14-11(15)7-4-8-12(14)16/h3-8H,15-16H2,1-2H3. The van der Waals surface area contributed by atoms with Crippen LogP contribution in [-0.4, -0.2) is 0 Å². The average Bonchev–Trinajstić information content (AvgIpc) is 2.21. The Labute approximate surface area is 95.9 Å². The predicted molar refractivity (Wildman–Crippen MR) is 70.2 cm³/mol. The van der Waals surface area contributed by atoms with Crippen molar-refractivity contribution >= 4 is 11.4 Å². The van der Waals surface area contributed by atoms with Gasteiger partial charge in [-0.25, -0.2) is 0 Å². The van der Waals surface area contributed by atoms with Gasteiger partial charge in [-0.2, -0.15) is 0 Å². The van der Waals surface area contributed by atoms with Gasteiger partial charge in [-0.15, -0.1) is 0 Å². The summed E-state index contributed by atoms with van der Waals surface area (Å²) in [5.74, 6) is 0. The number of rotatable bonds is 1. The minimum absolute atomic E-state index is 0.734. The Balaban J connectivity index is 2.77. The molecule has 0 unspecified atom stereocenters. The van der Waals surface area contributed by atoms with Gasteiger partial charge in [0, 0.05) is 16.9 Å². The summed E-state index contributed by atoms with van der Waals surface area (Å²) in [5, 5.41) is 0. The number of anilines is 2. The summed E-state index contributed by atoms with van der Waals surface area (Å²) in [4.78, 5) is 0. The molecule has 0 bridgehead atoms. The summed E-state index contributed by atoms with van der Waals surface area (Å²) in [5.41, 5.74) is 18.0. The van der Waals surface area contributed by atoms with Gasteiger partial charge in [0.1, 0.15) is 0 Å². The number of benzene rings is 2. The van der Waals surface area contributed by atoms with Crippen LogP contribution in [0.4, 0.5) is 11.4 Å². The van der Waals surface area contributed by atoms with E-state index in [4.69, 9.17) is 11.5 Å². The second kappa shape index (κ2) is 3.89. The second-order valence-corrected chi connectivity index (χ2v) is 4.08. The van der Waals surface area contributed by atoms with Crippen LogP contribution in [0, 0.1) is 13.8 Å². The van der Waals surface area contributed by atoms with Crippen LogP contribution in [0.1, 0.15) is 11.1 Å². The van der Waals surface area contributed by atoms with Gasteiger partial charge < -0.3 is 11.5 Å². The van der Waals surface area contributed by atoms with Crippen molar-refractivity contribution in [2.45, 2.75) is 13.8 Å². The summed E-state index contributed by atoms with van der Waals surface area (Å²) in [6.45, 7) is 4.16. The lowest BCUT2D eigenvalue weighted by atomic mass is 9.93. The van der Waals surface area contributed by atoms with E-state index < -0.39 is 0 Å². The van der Waals surface area contributed by atoms with Crippen molar-refractivity contribution in [1.82, 2.24) is 0 Å². The molecule has 0 aliphatic rings. The predicted octanol–water partition coefficient (Wildman–Crippen LogP) is 3.13. The van der Waals surface area contributed by atoms with Crippen molar-refractivity contribution in [3.8, 4) is 11.1 Å². The minimum atomic E-state index is 0.734. The third-order valence-corrected chi connectivity index (χ3v) is 2.86. The molecule has 0 radical (unpaired) electrons. The van der Waals surface area contributed by atoms with E-state index in [1.54, 1.807) is 0 Å². The van der Waals surface area contributed by atoms with E-state index in [1.165, 1.54) is 11.1 Å². The molecule has 0 aromatic heterocycles. The van der Waals surface area contributed by atoms with E-state index in [-0.39, 0.29) is 0 Å². The molecule has 0 fully saturated rings. The molecule has 16 heavy (non-hydrogen) atoms. The van der Waals surface area contributed by atoms with E-state index in [1.807, 2.05) is 24.3 Å². The topological polar surface area (TPSA) is 52.0 Å². The summed E-state index contributed by atoms with van der Waals surface area (Å²) in [7, 11) is 0. The number of nitrogen functional groups attached to an aromatic ring is 2. The third-order valence-electron chi connectivity index (χ3n) is 2.86. The Hall–Kier alpha value is -1.96. The summed E-state index contributed by atoms with van der Waals surface area (Å²) >= 11 is 0. The lowest BCUT2D eigenvalue weighted by Crippen LogP contribution is -1.98. The molecular formula is C14H16N2. The zero-order valence-corrected chi connectivity index (χ0v) is 9.62. The fraction of sp³-hybridized carbons (Fsp3) is 0.143. The quantitative estimate of drug-likeness (QED) is 0.713. The Morgan fingerprint density at radius 1 is 0.688 bits per heavy atom. The van der Waals surface area contributed by atoms with Crippen molar-refractivity contribution in [1.29, 1.82) is 0 Å². The molecule has 0 saturated heterocycles. The van der Waals surface area contributed by atoms with Gasteiger partial charge in [-0.05, 0) is 42.7 Å². The number of nitrogens with two attached hydrogens (primary N) is 2. The largest absolute Gasteiger partial charge is 0.398 e. The van der Waals surface area contributed by atoms with Crippen LogP contribution >= 0.6 is 0 Å². The second-order valence-electron chi connectivity index (χ2n) is 4.08. The molecule has 82 valence electrons. The van der Waals surface area contributed by atoms with Crippen molar-refractivity contribution in [3.63, 3.8) is 0 Å². The van der Waals surface area contributed by atoms with Gasteiger partial charge >= 0.3 is 0 Å². The summed E-state index contributed by atoms with van der Waals surface area (Å²) in [6, 6.07) is 11.9. The minimum Gasteiger partial charge on any atom is -0.398 e. The van der Waals surface area contributed by atoms with E-state index in [9.17, 15) is 0 Å². The first-order valence-electron chi connectivity index (χ1n) is 5.32. The molecule has 2 rings (SSSR count). The first-order chi connectivity index (χ1) is 7.61. The highest BCUT2D eigenvalue weighted by molar-refractivity contribution is 5.89. The van der Waals surface area contributed by atoms with Gasteiger partial charge in [0.25, 0.3) is 0 Å². The van der Waals surface area contributed by atoms with Crippen molar-refractivity contribution in [3.05, 3.63) is 47.5 Å². The van der Waals surface area contributed by atoms with Crippen LogP contribution in [0.3, 0.4) is 0 Å². The van der Waals surface area contributed by atoms with Crippen LogP contribution in [0.5, 0.6) is 0 Å². The Kier molecular flexibility index (Phi) is 2.57. The van der Waals surface area contributed by atoms with Crippen LogP contribution in [0.15, 0.2) is 36.4 Å².